The monoisotopic (exact) mass is 310 g/mol. The second kappa shape index (κ2) is 7.45. The summed E-state index contributed by atoms with van der Waals surface area (Å²) in [7, 11) is 1.38. The minimum atomic E-state index is -0.337. The van der Waals surface area contributed by atoms with E-state index < -0.39 is 0 Å². The first-order valence-electron chi connectivity index (χ1n) is 8.17. The van der Waals surface area contributed by atoms with Crippen molar-refractivity contribution >= 4 is 18.1 Å². The molecule has 2 nitrogen and oxygen atoms in total. The molecule has 0 saturated heterocycles. The Morgan fingerprint density at radius 1 is 1.09 bits per heavy atom. The molecule has 2 rings (SSSR count). The van der Waals surface area contributed by atoms with Crippen LogP contribution in [0.1, 0.15) is 51.2 Å². The van der Waals surface area contributed by atoms with Gasteiger partial charge in [0.15, 0.2) is 0 Å². The molecule has 23 heavy (non-hydrogen) atoms. The molecule has 2 heteroatoms. The first-order valence-corrected chi connectivity index (χ1v) is 8.17. The minimum Gasteiger partial charge on any atom is -0.466 e. The van der Waals surface area contributed by atoms with Crippen LogP contribution in [0.2, 0.25) is 0 Å². The third kappa shape index (κ3) is 4.69. The summed E-state index contributed by atoms with van der Waals surface area (Å²) in [6, 6.07) is 8.15. The third-order valence-corrected chi connectivity index (χ3v) is 4.53. The Balaban J connectivity index is 2.12. The minimum absolute atomic E-state index is 0.266. The van der Waals surface area contributed by atoms with E-state index in [9.17, 15) is 4.79 Å². The SMILES string of the molecule is COC(=O)/C=C/c1ccc(/C=C/C2=C(C)CCCC2(C)C)cc1. The highest BCUT2D eigenvalue weighted by molar-refractivity contribution is 5.86. The van der Waals surface area contributed by atoms with Crippen LogP contribution >= 0.6 is 0 Å². The van der Waals surface area contributed by atoms with E-state index in [-0.39, 0.29) is 11.4 Å². The van der Waals surface area contributed by atoms with Crippen molar-refractivity contribution in [2.24, 2.45) is 5.41 Å². The molecule has 0 amide bonds. The van der Waals surface area contributed by atoms with E-state index in [1.807, 2.05) is 12.1 Å². The molecular weight excluding hydrogens is 284 g/mol. The Labute approximate surface area is 139 Å². The standard InChI is InChI=1S/C21H26O2/c1-16-6-5-15-21(2,3)19(16)13-11-17-7-9-18(10-8-17)12-14-20(22)23-4/h7-14H,5-6,15H2,1-4H3/b13-11+,14-12+. The lowest BCUT2D eigenvalue weighted by Gasteiger charge is -2.32. The van der Waals surface area contributed by atoms with Gasteiger partial charge in [-0.15, -0.1) is 0 Å². The molecule has 0 atom stereocenters. The highest BCUT2D eigenvalue weighted by Gasteiger charge is 2.26. The van der Waals surface area contributed by atoms with E-state index in [4.69, 9.17) is 0 Å². The van der Waals surface area contributed by atoms with Crippen LogP contribution in [0.15, 0.2) is 47.6 Å². The summed E-state index contributed by atoms with van der Waals surface area (Å²) >= 11 is 0. The van der Waals surface area contributed by atoms with Crippen molar-refractivity contribution in [1.29, 1.82) is 0 Å². The molecule has 1 aliphatic carbocycles. The topological polar surface area (TPSA) is 26.3 Å². The summed E-state index contributed by atoms with van der Waals surface area (Å²) in [5.74, 6) is -0.337. The van der Waals surface area contributed by atoms with E-state index >= 15 is 0 Å². The Kier molecular flexibility index (Phi) is 5.59. The molecule has 1 aromatic carbocycles. The molecule has 0 spiro atoms. The van der Waals surface area contributed by atoms with Crippen LogP contribution in [0.3, 0.4) is 0 Å². The molecule has 0 unspecified atom stereocenters. The number of hydrogen-bond acceptors (Lipinski definition) is 2. The normalized spacial score (nSPS) is 17.9. The molecule has 0 N–H and O–H groups in total. The summed E-state index contributed by atoms with van der Waals surface area (Å²) in [5.41, 5.74) is 5.40. The average Bonchev–Trinajstić information content (AvgIpc) is 2.52. The second-order valence-electron chi connectivity index (χ2n) is 6.79. The highest BCUT2D eigenvalue weighted by Crippen LogP contribution is 2.40. The van der Waals surface area contributed by atoms with Gasteiger partial charge in [-0.1, -0.05) is 55.8 Å². The Morgan fingerprint density at radius 2 is 1.70 bits per heavy atom. The number of allylic oxidation sites excluding steroid dienone is 3. The molecule has 0 saturated carbocycles. The molecule has 0 aliphatic heterocycles. The van der Waals surface area contributed by atoms with Gasteiger partial charge in [-0.25, -0.2) is 4.79 Å². The van der Waals surface area contributed by atoms with Gasteiger partial charge in [0, 0.05) is 6.08 Å². The number of ether oxygens (including phenoxy) is 1. The van der Waals surface area contributed by atoms with Gasteiger partial charge >= 0.3 is 5.97 Å². The van der Waals surface area contributed by atoms with Crippen molar-refractivity contribution in [2.45, 2.75) is 40.0 Å². The maximum Gasteiger partial charge on any atom is 0.330 e. The van der Waals surface area contributed by atoms with Crippen molar-refractivity contribution in [3.8, 4) is 0 Å². The Hall–Kier alpha value is -2.09. The summed E-state index contributed by atoms with van der Waals surface area (Å²) in [6.45, 7) is 6.91. The van der Waals surface area contributed by atoms with Crippen LogP contribution in [0.25, 0.3) is 12.2 Å². The van der Waals surface area contributed by atoms with Crippen molar-refractivity contribution in [3.05, 3.63) is 58.7 Å². The quantitative estimate of drug-likeness (QED) is 0.549. The van der Waals surface area contributed by atoms with Gasteiger partial charge in [-0.2, -0.15) is 0 Å². The van der Waals surface area contributed by atoms with E-state index in [1.54, 1.807) is 6.08 Å². The van der Waals surface area contributed by atoms with Gasteiger partial charge < -0.3 is 4.74 Å². The van der Waals surface area contributed by atoms with E-state index in [0.717, 1.165) is 5.56 Å². The number of methoxy groups -OCH3 is 1. The molecule has 0 aromatic heterocycles. The fourth-order valence-corrected chi connectivity index (χ4v) is 3.14. The molecule has 0 fully saturated rings. The van der Waals surface area contributed by atoms with Crippen molar-refractivity contribution < 1.29 is 9.53 Å². The van der Waals surface area contributed by atoms with Crippen LogP contribution in [0.4, 0.5) is 0 Å². The number of hydrogen-bond donors (Lipinski definition) is 0. The fourth-order valence-electron chi connectivity index (χ4n) is 3.14. The summed E-state index contributed by atoms with van der Waals surface area (Å²) in [4.78, 5) is 11.1. The molecule has 0 radical (unpaired) electrons. The van der Waals surface area contributed by atoms with Crippen LogP contribution in [-0.2, 0) is 9.53 Å². The van der Waals surface area contributed by atoms with Crippen LogP contribution in [-0.4, -0.2) is 13.1 Å². The maximum atomic E-state index is 11.1. The zero-order chi connectivity index (χ0) is 16.9. The molecule has 0 heterocycles. The van der Waals surface area contributed by atoms with E-state index in [0.29, 0.717) is 0 Å². The molecular formula is C21H26O2. The number of carbonyl (C=O) groups excluding carboxylic acids is 1. The predicted molar refractivity (Wildman–Crippen MR) is 96.9 cm³/mol. The number of carbonyl (C=O) groups is 1. The summed E-state index contributed by atoms with van der Waals surface area (Å²) < 4.78 is 4.59. The van der Waals surface area contributed by atoms with Gasteiger partial charge in [-0.3, -0.25) is 0 Å². The Morgan fingerprint density at radius 3 is 2.26 bits per heavy atom. The second-order valence-corrected chi connectivity index (χ2v) is 6.79. The lowest BCUT2D eigenvalue weighted by atomic mass is 9.72. The van der Waals surface area contributed by atoms with Gasteiger partial charge in [0.2, 0.25) is 0 Å². The molecule has 0 bridgehead atoms. The van der Waals surface area contributed by atoms with Gasteiger partial charge in [0.1, 0.15) is 0 Å². The van der Waals surface area contributed by atoms with Gasteiger partial charge in [0.05, 0.1) is 7.11 Å². The number of esters is 1. The van der Waals surface area contributed by atoms with Gasteiger partial charge in [0.25, 0.3) is 0 Å². The van der Waals surface area contributed by atoms with Crippen LogP contribution in [0, 0.1) is 5.41 Å². The van der Waals surface area contributed by atoms with Crippen molar-refractivity contribution in [3.63, 3.8) is 0 Å². The third-order valence-electron chi connectivity index (χ3n) is 4.53. The van der Waals surface area contributed by atoms with Crippen molar-refractivity contribution in [1.82, 2.24) is 0 Å². The lowest BCUT2D eigenvalue weighted by Crippen LogP contribution is -2.18. The lowest BCUT2D eigenvalue weighted by molar-refractivity contribution is -0.134. The van der Waals surface area contributed by atoms with E-state index in [1.165, 1.54) is 49.2 Å². The van der Waals surface area contributed by atoms with Crippen LogP contribution < -0.4 is 0 Å². The smallest absolute Gasteiger partial charge is 0.330 e. The first kappa shape index (κ1) is 17.3. The van der Waals surface area contributed by atoms with E-state index in [2.05, 4.69) is 49.8 Å². The van der Waals surface area contributed by atoms with Crippen molar-refractivity contribution in [2.75, 3.05) is 7.11 Å². The van der Waals surface area contributed by atoms with Gasteiger partial charge in [-0.05, 0) is 54.4 Å². The number of benzene rings is 1. The summed E-state index contributed by atoms with van der Waals surface area (Å²) in [6.07, 6.45) is 11.4. The van der Waals surface area contributed by atoms with Crippen LogP contribution in [0.5, 0.6) is 0 Å². The zero-order valence-corrected chi connectivity index (χ0v) is 14.6. The summed E-state index contributed by atoms with van der Waals surface area (Å²) in [5, 5.41) is 0. The molecule has 122 valence electrons. The predicted octanol–water partition coefficient (Wildman–Crippen LogP) is 5.41. The maximum absolute atomic E-state index is 11.1. The molecule has 1 aliphatic rings. The highest BCUT2D eigenvalue weighted by atomic mass is 16.5. The average molecular weight is 310 g/mol. The zero-order valence-electron chi connectivity index (χ0n) is 14.6. The Bertz CT molecular complexity index is 643. The fraction of sp³-hybridized carbons (Fsp3) is 0.381. The molecule has 1 aromatic rings. The number of rotatable bonds is 4. The largest absolute Gasteiger partial charge is 0.466 e. The first-order chi connectivity index (χ1) is 10.9.